The van der Waals surface area contributed by atoms with Crippen molar-refractivity contribution in [3.8, 4) is 0 Å². The van der Waals surface area contributed by atoms with Gasteiger partial charge in [-0.05, 0) is 13.8 Å². The van der Waals surface area contributed by atoms with Gasteiger partial charge in [0.1, 0.15) is 25.2 Å². The number of hydrogen-bond acceptors (Lipinski definition) is 4. The van der Waals surface area contributed by atoms with Crippen molar-refractivity contribution in [3.63, 3.8) is 0 Å². The fraction of sp³-hybridized carbons (Fsp3) is 1.00. The molecule has 6 heteroatoms. The maximum absolute atomic E-state index is 5.55. The summed E-state index contributed by atoms with van der Waals surface area (Å²) < 4.78 is 13.2. The second-order valence-corrected chi connectivity index (χ2v) is 8.65. The minimum absolute atomic E-state index is 0.569. The molecule has 0 aromatic rings. The van der Waals surface area contributed by atoms with Crippen molar-refractivity contribution in [3.05, 3.63) is 0 Å². The summed E-state index contributed by atoms with van der Waals surface area (Å²) in [7, 11) is 8.69. The molecule has 2 rings (SSSR count). The summed E-state index contributed by atoms with van der Waals surface area (Å²) in [5.41, 5.74) is 0. The third kappa shape index (κ3) is 3.16. The summed E-state index contributed by atoms with van der Waals surface area (Å²) in [5.74, 6) is 0. The van der Waals surface area contributed by atoms with Gasteiger partial charge in [0.05, 0.1) is 40.5 Å². The maximum Gasteiger partial charge on any atom is 0.210 e. The third-order valence-corrected chi connectivity index (χ3v) is 8.39. The lowest BCUT2D eigenvalue weighted by Crippen LogP contribution is -2.55. The summed E-state index contributed by atoms with van der Waals surface area (Å²) in [4.78, 5) is 0. The van der Waals surface area contributed by atoms with Gasteiger partial charge >= 0.3 is 0 Å². The van der Waals surface area contributed by atoms with Crippen LogP contribution >= 0.6 is 22.0 Å². The van der Waals surface area contributed by atoms with Crippen LogP contribution in [0.25, 0.3) is 0 Å². The topological polar surface area (TPSA) is 18.5 Å². The molecular weight excluding hydrogens is 268 g/mol. The zero-order valence-corrected chi connectivity index (χ0v) is 13.6. The van der Waals surface area contributed by atoms with Crippen LogP contribution in [0.15, 0.2) is 0 Å². The Labute approximate surface area is 119 Å². The molecule has 0 aromatic heterocycles. The van der Waals surface area contributed by atoms with E-state index in [-0.39, 0.29) is 0 Å². The minimum atomic E-state index is 0.569. The first-order chi connectivity index (χ1) is 8.46. The minimum Gasteiger partial charge on any atom is -0.369 e. The highest BCUT2D eigenvalue weighted by Crippen LogP contribution is 2.43. The van der Waals surface area contributed by atoms with Gasteiger partial charge in [0.15, 0.2) is 0 Å². The zero-order chi connectivity index (χ0) is 13.2. The predicted octanol–water partition coefficient (Wildman–Crippen LogP) is 1.93. The van der Waals surface area contributed by atoms with Gasteiger partial charge in [-0.25, -0.2) is 7.78 Å². The van der Waals surface area contributed by atoms with E-state index in [9.17, 15) is 0 Å². The number of rotatable bonds is 3. The second-order valence-electron chi connectivity index (χ2n) is 5.79. The van der Waals surface area contributed by atoms with Crippen molar-refractivity contribution in [1.29, 1.82) is 0 Å². The average molecular weight is 294 g/mol. The van der Waals surface area contributed by atoms with E-state index in [1.54, 1.807) is 0 Å². The smallest absolute Gasteiger partial charge is 0.210 e. The van der Waals surface area contributed by atoms with E-state index in [0.717, 1.165) is 47.3 Å². The normalized spacial score (nSPS) is 46.0. The van der Waals surface area contributed by atoms with Crippen LogP contribution in [0.1, 0.15) is 13.8 Å². The SMILES string of the molecule is CC1COCC[N+]1(C)SS[N+]1(C)CCOCC1C. The van der Waals surface area contributed by atoms with Crippen molar-refractivity contribution in [2.24, 2.45) is 0 Å². The number of likely N-dealkylation sites (N-methyl/N-ethyl adjacent to an activating group) is 2. The molecule has 0 aliphatic carbocycles. The van der Waals surface area contributed by atoms with E-state index >= 15 is 0 Å². The fourth-order valence-corrected chi connectivity index (χ4v) is 5.39. The molecular formula is C12H26N2O2S2+2. The molecule has 4 unspecified atom stereocenters. The van der Waals surface area contributed by atoms with Crippen molar-refractivity contribution in [1.82, 2.24) is 0 Å². The fourth-order valence-electron chi connectivity index (χ4n) is 2.13. The van der Waals surface area contributed by atoms with E-state index in [1.807, 2.05) is 22.0 Å². The lowest BCUT2D eigenvalue weighted by atomic mass is 10.3. The summed E-state index contributed by atoms with van der Waals surface area (Å²) in [6.07, 6.45) is 0. The number of quaternary nitrogens is 2. The molecule has 2 aliphatic rings. The van der Waals surface area contributed by atoms with E-state index in [1.165, 1.54) is 0 Å². The van der Waals surface area contributed by atoms with Gasteiger partial charge in [0.25, 0.3) is 0 Å². The highest BCUT2D eigenvalue weighted by atomic mass is 33.1. The van der Waals surface area contributed by atoms with Gasteiger partial charge < -0.3 is 9.47 Å². The Hall–Kier alpha value is 0.540. The number of nitrogens with zero attached hydrogens (tertiary/aromatic N) is 2. The maximum atomic E-state index is 5.55. The standard InChI is InChI=1S/C12H26N2O2S2/c1-11-9-15-7-5-13(11,3)17-18-14(4)6-8-16-10-12(14)2/h11-12H,5-10H2,1-4H3/q+2. The van der Waals surface area contributed by atoms with Crippen molar-refractivity contribution < 1.29 is 17.3 Å². The Bertz CT molecular complexity index is 267. The van der Waals surface area contributed by atoms with E-state index < -0.39 is 0 Å². The highest BCUT2D eigenvalue weighted by molar-refractivity contribution is 8.72. The van der Waals surface area contributed by atoms with E-state index in [0.29, 0.717) is 12.1 Å². The summed E-state index contributed by atoms with van der Waals surface area (Å²) in [5, 5.41) is 0. The van der Waals surface area contributed by atoms with Gasteiger partial charge in [-0.15, -0.1) is 0 Å². The molecule has 2 fully saturated rings. The summed E-state index contributed by atoms with van der Waals surface area (Å²) >= 11 is 0. The first kappa shape index (κ1) is 14.9. The van der Waals surface area contributed by atoms with Crippen LogP contribution in [0.4, 0.5) is 0 Å². The summed E-state index contributed by atoms with van der Waals surface area (Å²) in [6.45, 7) is 10.3. The monoisotopic (exact) mass is 294 g/mol. The Morgan fingerprint density at radius 1 is 0.833 bits per heavy atom. The van der Waals surface area contributed by atoms with Crippen molar-refractivity contribution >= 4 is 22.0 Å². The number of morpholine rings is 2. The predicted molar refractivity (Wildman–Crippen MR) is 77.8 cm³/mol. The highest BCUT2D eigenvalue weighted by Gasteiger charge is 2.42. The van der Waals surface area contributed by atoms with Gasteiger partial charge in [-0.1, -0.05) is 0 Å². The Morgan fingerprint density at radius 2 is 1.22 bits per heavy atom. The molecule has 4 atom stereocenters. The molecule has 2 saturated heterocycles. The first-order valence-electron chi connectivity index (χ1n) is 6.70. The zero-order valence-electron chi connectivity index (χ0n) is 11.9. The third-order valence-electron chi connectivity index (χ3n) is 4.32. The van der Waals surface area contributed by atoms with E-state index in [2.05, 4.69) is 27.9 Å². The average Bonchev–Trinajstić information content (AvgIpc) is 2.35. The lowest BCUT2D eigenvalue weighted by Gasteiger charge is -2.43. The lowest BCUT2D eigenvalue weighted by molar-refractivity contribution is -0.819. The quantitative estimate of drug-likeness (QED) is 0.449. The largest absolute Gasteiger partial charge is 0.369 e. The molecule has 0 aromatic carbocycles. The van der Waals surface area contributed by atoms with Crippen molar-refractivity contribution in [2.45, 2.75) is 25.9 Å². The van der Waals surface area contributed by atoms with Gasteiger partial charge in [0, 0.05) is 0 Å². The van der Waals surface area contributed by atoms with Crippen LogP contribution in [0.5, 0.6) is 0 Å². The van der Waals surface area contributed by atoms with Crippen LogP contribution < -0.4 is 0 Å². The molecule has 2 aliphatic heterocycles. The molecule has 106 valence electrons. The molecule has 0 saturated carbocycles. The van der Waals surface area contributed by atoms with Crippen LogP contribution in [-0.2, 0) is 9.47 Å². The van der Waals surface area contributed by atoms with Gasteiger partial charge in [-0.2, -0.15) is 0 Å². The molecule has 0 N–H and O–H groups in total. The molecule has 0 amide bonds. The van der Waals surface area contributed by atoms with Crippen LogP contribution in [-0.4, -0.2) is 73.5 Å². The number of ether oxygens (including phenoxy) is 2. The first-order valence-corrected chi connectivity index (χ1v) is 8.76. The molecule has 0 radical (unpaired) electrons. The van der Waals surface area contributed by atoms with Crippen LogP contribution in [0.3, 0.4) is 0 Å². The Balaban J connectivity index is 1.93. The van der Waals surface area contributed by atoms with Gasteiger partial charge in [0.2, 0.25) is 22.0 Å². The Kier molecular flexibility index (Phi) is 4.89. The van der Waals surface area contributed by atoms with Gasteiger partial charge in [-0.3, -0.25) is 0 Å². The second kappa shape index (κ2) is 5.89. The molecule has 2 heterocycles. The summed E-state index contributed by atoms with van der Waals surface area (Å²) in [6, 6.07) is 1.14. The van der Waals surface area contributed by atoms with Crippen molar-refractivity contribution in [2.75, 3.05) is 53.6 Å². The van der Waals surface area contributed by atoms with Crippen LogP contribution in [0, 0.1) is 0 Å². The van der Waals surface area contributed by atoms with E-state index in [4.69, 9.17) is 9.47 Å². The number of hydrogen-bond donors (Lipinski definition) is 0. The molecule has 0 spiro atoms. The molecule has 4 nitrogen and oxygen atoms in total. The van der Waals surface area contributed by atoms with Crippen LogP contribution in [0.2, 0.25) is 0 Å². The Morgan fingerprint density at radius 3 is 1.56 bits per heavy atom. The molecule has 18 heavy (non-hydrogen) atoms. The molecule has 0 bridgehead atoms.